The average Bonchev–Trinajstić information content (AvgIpc) is 2.36. The fraction of sp³-hybridized carbons (Fsp3) is 0.467. The van der Waals surface area contributed by atoms with E-state index in [0.29, 0.717) is 12.0 Å². The Morgan fingerprint density at radius 3 is 2.25 bits per heavy atom. The van der Waals surface area contributed by atoms with E-state index in [2.05, 4.69) is 21.2 Å². The minimum Gasteiger partial charge on any atom is -0.394 e. The van der Waals surface area contributed by atoms with Crippen LogP contribution in [0.2, 0.25) is 0 Å². The van der Waals surface area contributed by atoms with Gasteiger partial charge in [-0.25, -0.2) is 0 Å². The Hall–Kier alpha value is -1.20. The Morgan fingerprint density at radius 1 is 1.25 bits per heavy atom. The number of aliphatic hydroxyl groups excluding tert-OH is 1. The van der Waals surface area contributed by atoms with Gasteiger partial charge in [0.2, 0.25) is 5.78 Å². The Morgan fingerprint density at radius 2 is 1.80 bits per heavy atom. The highest BCUT2D eigenvalue weighted by Gasteiger charge is 2.23. The van der Waals surface area contributed by atoms with Crippen molar-refractivity contribution >= 4 is 27.6 Å². The molecule has 0 saturated heterocycles. The van der Waals surface area contributed by atoms with Crippen LogP contribution in [-0.4, -0.2) is 29.4 Å². The van der Waals surface area contributed by atoms with E-state index in [1.54, 1.807) is 24.3 Å². The summed E-state index contributed by atoms with van der Waals surface area (Å²) in [6.45, 7) is 5.85. The number of carbonyl (C=O) groups excluding carboxylic acids is 2. The smallest absolute Gasteiger partial charge is 0.292 e. The molecule has 1 aromatic rings. The lowest BCUT2D eigenvalue weighted by Crippen LogP contribution is -2.43. The predicted molar refractivity (Wildman–Crippen MR) is 81.6 cm³/mol. The topological polar surface area (TPSA) is 66.4 Å². The van der Waals surface area contributed by atoms with E-state index in [9.17, 15) is 14.7 Å². The number of hydrogen-bond donors (Lipinski definition) is 2. The number of carbonyl (C=O) groups is 2. The molecule has 1 rings (SSSR count). The summed E-state index contributed by atoms with van der Waals surface area (Å²) in [4.78, 5) is 23.9. The van der Waals surface area contributed by atoms with Crippen molar-refractivity contribution in [1.82, 2.24) is 5.32 Å². The Balaban J connectivity index is 2.69. The molecule has 1 atom stereocenters. The molecule has 0 aromatic heterocycles. The third-order valence-corrected chi connectivity index (χ3v) is 3.26. The standard InChI is InChI=1S/C15H20BrNO3/c1-15(2,3)8-12(9-18)17-14(20)13(19)10-4-6-11(16)7-5-10/h4-7,12,18H,8-9H2,1-3H3,(H,17,20). The summed E-state index contributed by atoms with van der Waals surface area (Å²) in [6.07, 6.45) is 0.600. The first-order valence-corrected chi connectivity index (χ1v) is 7.24. The molecule has 2 N–H and O–H groups in total. The van der Waals surface area contributed by atoms with Crippen molar-refractivity contribution in [2.75, 3.05) is 6.61 Å². The number of ketones is 1. The van der Waals surface area contributed by atoms with Gasteiger partial charge in [0.25, 0.3) is 5.91 Å². The molecule has 20 heavy (non-hydrogen) atoms. The lowest BCUT2D eigenvalue weighted by Gasteiger charge is -2.25. The second-order valence-electron chi connectivity index (χ2n) is 5.95. The SMILES string of the molecule is CC(C)(C)CC(CO)NC(=O)C(=O)c1ccc(Br)cc1. The maximum atomic E-state index is 12.0. The summed E-state index contributed by atoms with van der Waals surface area (Å²) in [5.41, 5.74) is 0.291. The van der Waals surface area contributed by atoms with Crippen molar-refractivity contribution in [2.45, 2.75) is 33.2 Å². The van der Waals surface area contributed by atoms with E-state index in [-0.39, 0.29) is 12.0 Å². The molecule has 0 heterocycles. The zero-order chi connectivity index (χ0) is 15.3. The number of aliphatic hydroxyl groups is 1. The molecule has 110 valence electrons. The van der Waals surface area contributed by atoms with Gasteiger partial charge in [-0.15, -0.1) is 0 Å². The van der Waals surface area contributed by atoms with Crippen molar-refractivity contribution in [3.05, 3.63) is 34.3 Å². The van der Waals surface area contributed by atoms with Gasteiger partial charge in [0.1, 0.15) is 0 Å². The molecule has 0 radical (unpaired) electrons. The van der Waals surface area contributed by atoms with E-state index in [4.69, 9.17) is 0 Å². The Kier molecular flexibility index (Phi) is 5.89. The number of benzene rings is 1. The number of nitrogens with one attached hydrogen (secondary N) is 1. The molecule has 1 amide bonds. The molecule has 0 spiro atoms. The fourth-order valence-corrected chi connectivity index (χ4v) is 2.15. The average molecular weight is 342 g/mol. The van der Waals surface area contributed by atoms with Crippen LogP contribution >= 0.6 is 15.9 Å². The summed E-state index contributed by atoms with van der Waals surface area (Å²) >= 11 is 3.27. The fourth-order valence-electron chi connectivity index (χ4n) is 1.88. The second kappa shape index (κ2) is 6.99. The first kappa shape index (κ1) is 16.9. The van der Waals surface area contributed by atoms with E-state index >= 15 is 0 Å². The maximum Gasteiger partial charge on any atom is 0.292 e. The highest BCUT2D eigenvalue weighted by Crippen LogP contribution is 2.20. The zero-order valence-electron chi connectivity index (χ0n) is 11.9. The van der Waals surface area contributed by atoms with Crippen LogP contribution in [0.4, 0.5) is 0 Å². The molecule has 0 saturated carbocycles. The van der Waals surface area contributed by atoms with Crippen LogP contribution in [0.5, 0.6) is 0 Å². The van der Waals surface area contributed by atoms with Gasteiger partial charge in [0, 0.05) is 10.0 Å². The summed E-state index contributed by atoms with van der Waals surface area (Å²) in [6, 6.07) is 6.17. The number of amides is 1. The highest BCUT2D eigenvalue weighted by atomic mass is 79.9. The summed E-state index contributed by atoms with van der Waals surface area (Å²) < 4.78 is 0.843. The third-order valence-electron chi connectivity index (χ3n) is 2.73. The lowest BCUT2D eigenvalue weighted by molar-refractivity contribution is -0.118. The Bertz CT molecular complexity index is 477. The molecule has 4 nitrogen and oxygen atoms in total. The molecule has 0 bridgehead atoms. The van der Waals surface area contributed by atoms with Crippen LogP contribution in [0.15, 0.2) is 28.7 Å². The molecule has 1 unspecified atom stereocenters. The zero-order valence-corrected chi connectivity index (χ0v) is 13.5. The Labute approximate surface area is 127 Å². The van der Waals surface area contributed by atoms with Gasteiger partial charge in [-0.05, 0) is 36.1 Å². The maximum absolute atomic E-state index is 12.0. The minimum atomic E-state index is -0.685. The van der Waals surface area contributed by atoms with Crippen LogP contribution in [0, 0.1) is 5.41 Å². The van der Waals surface area contributed by atoms with Gasteiger partial charge in [0.05, 0.1) is 12.6 Å². The van der Waals surface area contributed by atoms with E-state index in [1.165, 1.54) is 0 Å². The van der Waals surface area contributed by atoms with Crippen molar-refractivity contribution in [1.29, 1.82) is 0 Å². The number of rotatable bonds is 5. The van der Waals surface area contributed by atoms with Gasteiger partial charge in [-0.3, -0.25) is 9.59 Å². The summed E-state index contributed by atoms with van der Waals surface area (Å²) in [7, 11) is 0. The van der Waals surface area contributed by atoms with Crippen molar-refractivity contribution in [3.8, 4) is 0 Å². The monoisotopic (exact) mass is 341 g/mol. The van der Waals surface area contributed by atoms with Crippen LogP contribution in [0.1, 0.15) is 37.6 Å². The van der Waals surface area contributed by atoms with Crippen molar-refractivity contribution < 1.29 is 14.7 Å². The molecule has 0 fully saturated rings. The van der Waals surface area contributed by atoms with Gasteiger partial charge in [-0.2, -0.15) is 0 Å². The van der Waals surface area contributed by atoms with Gasteiger partial charge in [-0.1, -0.05) is 36.7 Å². The van der Waals surface area contributed by atoms with Crippen LogP contribution < -0.4 is 5.32 Å². The van der Waals surface area contributed by atoms with E-state index in [1.807, 2.05) is 20.8 Å². The molecule has 0 aliphatic heterocycles. The minimum absolute atomic E-state index is 0.0403. The lowest BCUT2D eigenvalue weighted by atomic mass is 9.88. The molecule has 0 aliphatic carbocycles. The van der Waals surface area contributed by atoms with Gasteiger partial charge in [0.15, 0.2) is 0 Å². The third kappa shape index (κ3) is 5.43. The quantitative estimate of drug-likeness (QED) is 0.638. The second-order valence-corrected chi connectivity index (χ2v) is 6.87. The number of hydrogen-bond acceptors (Lipinski definition) is 3. The summed E-state index contributed by atoms with van der Waals surface area (Å²) in [5, 5.41) is 11.9. The highest BCUT2D eigenvalue weighted by molar-refractivity contribution is 9.10. The molecular formula is C15H20BrNO3. The normalized spacial score (nSPS) is 12.8. The molecule has 5 heteroatoms. The first-order chi connectivity index (χ1) is 9.23. The molecule has 0 aliphatic rings. The molecular weight excluding hydrogens is 322 g/mol. The number of Topliss-reactive ketones (excluding diaryl/α,β-unsaturated/α-hetero) is 1. The summed E-state index contributed by atoms with van der Waals surface area (Å²) in [5.74, 6) is -1.28. The predicted octanol–water partition coefficient (Wildman–Crippen LogP) is 2.55. The van der Waals surface area contributed by atoms with Crippen molar-refractivity contribution in [2.24, 2.45) is 5.41 Å². The van der Waals surface area contributed by atoms with E-state index < -0.39 is 17.7 Å². The van der Waals surface area contributed by atoms with Crippen molar-refractivity contribution in [3.63, 3.8) is 0 Å². The van der Waals surface area contributed by atoms with Gasteiger partial charge < -0.3 is 10.4 Å². The first-order valence-electron chi connectivity index (χ1n) is 6.44. The molecule has 1 aromatic carbocycles. The van der Waals surface area contributed by atoms with E-state index in [0.717, 1.165) is 4.47 Å². The van der Waals surface area contributed by atoms with Crippen LogP contribution in [0.25, 0.3) is 0 Å². The van der Waals surface area contributed by atoms with Gasteiger partial charge >= 0.3 is 0 Å². The largest absolute Gasteiger partial charge is 0.394 e. The number of halogens is 1. The van der Waals surface area contributed by atoms with Crippen LogP contribution in [-0.2, 0) is 4.79 Å². The van der Waals surface area contributed by atoms with Crippen LogP contribution in [0.3, 0.4) is 0 Å².